The number of hydrogen-bond acceptors (Lipinski definition) is 3. The SMILES string of the molecule is CCN(CC)c1nc2ccc(Br)cc2cc1C=O. The van der Waals surface area contributed by atoms with Crippen LogP contribution in [0.3, 0.4) is 0 Å². The Balaban J connectivity index is 2.65. The van der Waals surface area contributed by atoms with Gasteiger partial charge in [-0.15, -0.1) is 0 Å². The molecule has 1 aromatic carbocycles. The fourth-order valence-corrected chi connectivity index (χ4v) is 2.40. The van der Waals surface area contributed by atoms with Crippen LogP contribution >= 0.6 is 15.9 Å². The first-order chi connectivity index (χ1) is 8.69. The molecule has 0 unspecified atom stereocenters. The molecule has 94 valence electrons. The molecule has 2 aromatic rings. The van der Waals surface area contributed by atoms with Crippen LogP contribution in [0.25, 0.3) is 10.9 Å². The number of halogens is 1. The van der Waals surface area contributed by atoms with E-state index in [-0.39, 0.29) is 0 Å². The maximum atomic E-state index is 11.2. The second-order valence-corrected chi connectivity index (χ2v) is 4.94. The molecular formula is C14H15BrN2O. The van der Waals surface area contributed by atoms with Crippen molar-refractivity contribution in [2.45, 2.75) is 13.8 Å². The van der Waals surface area contributed by atoms with Gasteiger partial charge in [-0.3, -0.25) is 4.79 Å². The summed E-state index contributed by atoms with van der Waals surface area (Å²) >= 11 is 3.43. The zero-order valence-corrected chi connectivity index (χ0v) is 12.1. The second-order valence-electron chi connectivity index (χ2n) is 4.03. The van der Waals surface area contributed by atoms with Gasteiger partial charge < -0.3 is 4.90 Å². The number of anilines is 1. The second kappa shape index (κ2) is 5.48. The average Bonchev–Trinajstić information content (AvgIpc) is 2.39. The molecule has 0 bridgehead atoms. The molecule has 1 heterocycles. The molecule has 1 aromatic heterocycles. The number of aromatic nitrogens is 1. The minimum absolute atomic E-state index is 0.643. The summed E-state index contributed by atoms with van der Waals surface area (Å²) in [5.74, 6) is 0.768. The number of fused-ring (bicyclic) bond motifs is 1. The number of benzene rings is 1. The van der Waals surface area contributed by atoms with Gasteiger partial charge in [-0.25, -0.2) is 4.98 Å². The van der Waals surface area contributed by atoms with E-state index in [2.05, 4.69) is 39.7 Å². The van der Waals surface area contributed by atoms with Crippen LogP contribution in [0.4, 0.5) is 5.82 Å². The van der Waals surface area contributed by atoms with Crippen molar-refractivity contribution in [3.63, 3.8) is 0 Å². The fraction of sp³-hybridized carbons (Fsp3) is 0.286. The predicted molar refractivity (Wildman–Crippen MR) is 78.4 cm³/mol. The van der Waals surface area contributed by atoms with Crippen molar-refractivity contribution < 1.29 is 4.79 Å². The van der Waals surface area contributed by atoms with E-state index >= 15 is 0 Å². The first kappa shape index (κ1) is 13.0. The minimum Gasteiger partial charge on any atom is -0.357 e. The van der Waals surface area contributed by atoms with Gasteiger partial charge in [0, 0.05) is 22.9 Å². The molecule has 0 fully saturated rings. The van der Waals surface area contributed by atoms with Gasteiger partial charge in [0.1, 0.15) is 5.82 Å². The number of rotatable bonds is 4. The van der Waals surface area contributed by atoms with E-state index in [0.717, 1.165) is 40.6 Å². The summed E-state index contributed by atoms with van der Waals surface area (Å²) in [4.78, 5) is 17.9. The third kappa shape index (κ3) is 2.38. The molecule has 0 aliphatic carbocycles. The van der Waals surface area contributed by atoms with Gasteiger partial charge in [-0.05, 0) is 38.1 Å². The van der Waals surface area contributed by atoms with Crippen LogP contribution in [0.15, 0.2) is 28.7 Å². The molecule has 0 N–H and O–H groups in total. The Bertz CT molecular complexity index is 579. The third-order valence-corrected chi connectivity index (χ3v) is 3.47. The Labute approximate surface area is 115 Å². The Morgan fingerprint density at radius 1 is 1.28 bits per heavy atom. The molecule has 0 saturated heterocycles. The number of carbonyl (C=O) groups excluding carboxylic acids is 1. The lowest BCUT2D eigenvalue weighted by Gasteiger charge is -2.21. The summed E-state index contributed by atoms with van der Waals surface area (Å²) < 4.78 is 0.990. The lowest BCUT2D eigenvalue weighted by molar-refractivity contribution is 0.112. The van der Waals surface area contributed by atoms with E-state index in [1.54, 1.807) is 0 Å². The van der Waals surface area contributed by atoms with Crippen LogP contribution in [-0.4, -0.2) is 24.4 Å². The van der Waals surface area contributed by atoms with Crippen molar-refractivity contribution in [2.24, 2.45) is 0 Å². The first-order valence-corrected chi connectivity index (χ1v) is 6.79. The standard InChI is InChI=1S/C14H15BrN2O/c1-3-17(4-2)14-11(9-18)7-10-8-12(15)5-6-13(10)16-14/h5-9H,3-4H2,1-2H3. The zero-order chi connectivity index (χ0) is 13.1. The quantitative estimate of drug-likeness (QED) is 0.808. The van der Waals surface area contributed by atoms with Crippen molar-refractivity contribution in [1.29, 1.82) is 0 Å². The molecule has 0 aliphatic heterocycles. The number of hydrogen-bond donors (Lipinski definition) is 0. The van der Waals surface area contributed by atoms with Gasteiger partial charge >= 0.3 is 0 Å². The molecule has 4 heteroatoms. The molecule has 0 aliphatic rings. The van der Waals surface area contributed by atoms with E-state index in [1.165, 1.54) is 0 Å². The highest BCUT2D eigenvalue weighted by Gasteiger charge is 2.11. The van der Waals surface area contributed by atoms with Gasteiger partial charge in [-0.1, -0.05) is 15.9 Å². The highest BCUT2D eigenvalue weighted by atomic mass is 79.9. The van der Waals surface area contributed by atoms with E-state index in [1.807, 2.05) is 24.3 Å². The van der Waals surface area contributed by atoms with Crippen molar-refractivity contribution in [3.05, 3.63) is 34.3 Å². The minimum atomic E-state index is 0.643. The van der Waals surface area contributed by atoms with Gasteiger partial charge in [0.05, 0.1) is 11.1 Å². The summed E-state index contributed by atoms with van der Waals surface area (Å²) in [5, 5.41) is 0.974. The van der Waals surface area contributed by atoms with Crippen LogP contribution in [0, 0.1) is 0 Å². The van der Waals surface area contributed by atoms with E-state index in [0.29, 0.717) is 5.56 Å². The van der Waals surface area contributed by atoms with Crippen LogP contribution in [0.5, 0.6) is 0 Å². The molecule has 0 spiro atoms. The third-order valence-electron chi connectivity index (χ3n) is 2.98. The molecule has 0 radical (unpaired) electrons. The molecule has 0 amide bonds. The Morgan fingerprint density at radius 2 is 2.00 bits per heavy atom. The fourth-order valence-electron chi connectivity index (χ4n) is 2.02. The van der Waals surface area contributed by atoms with E-state index < -0.39 is 0 Å². The molecule has 3 nitrogen and oxygen atoms in total. The summed E-state index contributed by atoms with van der Waals surface area (Å²) in [6, 6.07) is 7.79. The van der Waals surface area contributed by atoms with E-state index in [9.17, 15) is 4.79 Å². The van der Waals surface area contributed by atoms with Crippen LogP contribution in [0.2, 0.25) is 0 Å². The lowest BCUT2D eigenvalue weighted by Crippen LogP contribution is -2.24. The van der Waals surface area contributed by atoms with E-state index in [4.69, 9.17) is 0 Å². The molecule has 2 rings (SSSR count). The average molecular weight is 307 g/mol. The molecule has 0 atom stereocenters. The summed E-state index contributed by atoms with van der Waals surface area (Å²) in [6.45, 7) is 5.80. The van der Waals surface area contributed by atoms with Crippen molar-refractivity contribution in [2.75, 3.05) is 18.0 Å². The summed E-state index contributed by atoms with van der Waals surface area (Å²) in [7, 11) is 0. The van der Waals surface area contributed by atoms with Crippen LogP contribution in [0.1, 0.15) is 24.2 Å². The van der Waals surface area contributed by atoms with Crippen molar-refractivity contribution in [1.82, 2.24) is 4.98 Å². The summed E-state index contributed by atoms with van der Waals surface area (Å²) in [6.07, 6.45) is 0.876. The van der Waals surface area contributed by atoms with Gasteiger partial charge in [-0.2, -0.15) is 0 Å². The van der Waals surface area contributed by atoms with Crippen LogP contribution in [-0.2, 0) is 0 Å². The highest BCUT2D eigenvalue weighted by molar-refractivity contribution is 9.10. The molecular weight excluding hydrogens is 292 g/mol. The zero-order valence-electron chi connectivity index (χ0n) is 10.5. The Hall–Kier alpha value is -1.42. The summed E-state index contributed by atoms with van der Waals surface area (Å²) in [5.41, 5.74) is 1.55. The van der Waals surface area contributed by atoms with Gasteiger partial charge in [0.15, 0.2) is 6.29 Å². The topological polar surface area (TPSA) is 33.2 Å². The Kier molecular flexibility index (Phi) is 3.97. The van der Waals surface area contributed by atoms with Crippen molar-refractivity contribution >= 4 is 38.9 Å². The maximum Gasteiger partial charge on any atom is 0.153 e. The molecule has 18 heavy (non-hydrogen) atoms. The molecule has 0 saturated carbocycles. The normalized spacial score (nSPS) is 10.6. The van der Waals surface area contributed by atoms with Gasteiger partial charge in [0.25, 0.3) is 0 Å². The van der Waals surface area contributed by atoms with Crippen molar-refractivity contribution in [3.8, 4) is 0 Å². The monoisotopic (exact) mass is 306 g/mol. The highest BCUT2D eigenvalue weighted by Crippen LogP contribution is 2.24. The van der Waals surface area contributed by atoms with Crippen LogP contribution < -0.4 is 4.90 Å². The number of pyridine rings is 1. The smallest absolute Gasteiger partial charge is 0.153 e. The lowest BCUT2D eigenvalue weighted by atomic mass is 10.1. The Morgan fingerprint density at radius 3 is 2.61 bits per heavy atom. The number of carbonyl (C=O) groups is 1. The predicted octanol–water partition coefficient (Wildman–Crippen LogP) is 3.66. The number of nitrogens with zero attached hydrogens (tertiary/aromatic N) is 2. The largest absolute Gasteiger partial charge is 0.357 e. The van der Waals surface area contributed by atoms with Gasteiger partial charge in [0.2, 0.25) is 0 Å². The number of aldehydes is 1. The first-order valence-electron chi connectivity index (χ1n) is 6.00. The maximum absolute atomic E-state index is 11.2.